The minimum atomic E-state index is -1.07. The summed E-state index contributed by atoms with van der Waals surface area (Å²) in [5, 5.41) is 19.1. The highest BCUT2D eigenvalue weighted by molar-refractivity contribution is 5.95. The molecular weight excluding hydrogens is 397 g/mol. The van der Waals surface area contributed by atoms with Gasteiger partial charge >= 0.3 is 0 Å². The Hall–Kier alpha value is -2.81. The summed E-state index contributed by atoms with van der Waals surface area (Å²) in [7, 11) is 0. The lowest BCUT2D eigenvalue weighted by molar-refractivity contribution is -0.137. The van der Waals surface area contributed by atoms with E-state index in [1.54, 1.807) is 15.9 Å². The fourth-order valence-electron chi connectivity index (χ4n) is 4.35. The van der Waals surface area contributed by atoms with Crippen LogP contribution in [-0.4, -0.2) is 62.7 Å². The molecule has 1 amide bonds. The van der Waals surface area contributed by atoms with Crippen LogP contribution in [0.3, 0.4) is 0 Å². The zero-order valence-corrected chi connectivity index (χ0v) is 17.4. The van der Waals surface area contributed by atoms with E-state index in [0.29, 0.717) is 26.2 Å². The highest BCUT2D eigenvalue weighted by Crippen LogP contribution is 2.35. The Bertz CT molecular complexity index is 1150. The first-order valence-corrected chi connectivity index (χ1v) is 10.6. The van der Waals surface area contributed by atoms with E-state index >= 15 is 4.39 Å². The van der Waals surface area contributed by atoms with Crippen molar-refractivity contribution >= 4 is 16.8 Å². The number of aromatic amines is 1. The van der Waals surface area contributed by atoms with Crippen molar-refractivity contribution in [2.45, 2.75) is 31.5 Å². The molecular formula is C23H26FN5O2. The first-order valence-electron chi connectivity index (χ1n) is 10.6. The molecule has 1 aliphatic heterocycles. The number of hydrogen-bond acceptors (Lipinski definition) is 5. The molecule has 2 aliphatic rings. The molecule has 1 saturated heterocycles. The van der Waals surface area contributed by atoms with Crippen LogP contribution in [0.25, 0.3) is 22.0 Å². The van der Waals surface area contributed by atoms with Crippen LogP contribution in [0, 0.1) is 12.7 Å². The van der Waals surface area contributed by atoms with Crippen molar-refractivity contribution in [1.82, 2.24) is 20.0 Å². The number of benzene rings is 2. The number of fused-ring (bicyclic) bond motifs is 1. The lowest BCUT2D eigenvalue weighted by Gasteiger charge is -2.38. The van der Waals surface area contributed by atoms with Crippen LogP contribution in [0.5, 0.6) is 0 Å². The summed E-state index contributed by atoms with van der Waals surface area (Å²) < 4.78 is 15.0. The molecule has 0 bridgehead atoms. The molecule has 0 radical (unpaired) electrons. The second kappa shape index (κ2) is 7.40. The third-order valence-corrected chi connectivity index (χ3v) is 6.54. The number of aliphatic hydroxyl groups excluding tert-OH is 1. The number of amides is 1. The molecule has 4 N–H and O–H groups in total. The van der Waals surface area contributed by atoms with E-state index in [0.717, 1.165) is 40.6 Å². The summed E-state index contributed by atoms with van der Waals surface area (Å²) in [6.07, 6.45) is 0.403. The summed E-state index contributed by atoms with van der Waals surface area (Å²) in [4.78, 5) is 15.9. The number of carbonyl (C=O) groups is 1. The molecule has 7 nitrogen and oxygen atoms in total. The van der Waals surface area contributed by atoms with E-state index in [1.807, 2.05) is 31.2 Å². The molecule has 1 atom stereocenters. The smallest absolute Gasteiger partial charge is 0.242 e. The molecule has 5 rings (SSSR count). The molecule has 1 aliphatic carbocycles. The summed E-state index contributed by atoms with van der Waals surface area (Å²) in [5.74, 6) is -0.476. The zero-order valence-electron chi connectivity index (χ0n) is 17.4. The van der Waals surface area contributed by atoms with E-state index in [2.05, 4.69) is 10.2 Å². The number of para-hydroxylation sites is 1. The molecule has 2 aromatic carbocycles. The van der Waals surface area contributed by atoms with E-state index in [-0.39, 0.29) is 11.5 Å². The van der Waals surface area contributed by atoms with Gasteiger partial charge in [0, 0.05) is 42.7 Å². The Morgan fingerprint density at radius 3 is 2.65 bits per heavy atom. The molecule has 1 saturated carbocycles. The topological polar surface area (TPSA) is 98.5 Å². The van der Waals surface area contributed by atoms with E-state index < -0.39 is 17.6 Å². The van der Waals surface area contributed by atoms with Crippen molar-refractivity contribution in [3.05, 3.63) is 53.5 Å². The van der Waals surface area contributed by atoms with Crippen LogP contribution in [0.15, 0.2) is 36.4 Å². The van der Waals surface area contributed by atoms with Gasteiger partial charge in [0.05, 0.1) is 16.7 Å². The van der Waals surface area contributed by atoms with Gasteiger partial charge in [0.2, 0.25) is 5.91 Å². The first-order chi connectivity index (χ1) is 14.9. The van der Waals surface area contributed by atoms with Gasteiger partial charge in [-0.3, -0.25) is 14.8 Å². The molecule has 0 spiro atoms. The van der Waals surface area contributed by atoms with E-state index in [1.165, 1.54) is 6.07 Å². The van der Waals surface area contributed by atoms with Gasteiger partial charge in [0.15, 0.2) is 0 Å². The molecule has 1 aromatic heterocycles. The van der Waals surface area contributed by atoms with Crippen molar-refractivity contribution in [3.63, 3.8) is 0 Å². The standard InChI is InChI=1S/C23H26FN5O2/c1-14-16-3-2-4-17(20(16)27-26-14)15-5-6-18(19(24)13-15)21(30)28-9-11-29(12-10-28)22(31)23(25)7-8-23/h2-6,13,21,30H,7-12,25H2,1H3,(H,26,27). The predicted molar refractivity (Wildman–Crippen MR) is 115 cm³/mol. The SMILES string of the molecule is Cc1n[nH]c2c(-c3ccc(C(O)N4CCN(C(=O)C5(N)CC5)CC4)c(F)c3)cccc12. The number of carbonyl (C=O) groups excluding carboxylic acids is 1. The van der Waals surface area contributed by atoms with Gasteiger partial charge in [-0.25, -0.2) is 4.39 Å². The quantitative estimate of drug-likeness (QED) is 0.598. The number of aliphatic hydroxyl groups is 1. The van der Waals surface area contributed by atoms with Gasteiger partial charge in [-0.2, -0.15) is 5.10 Å². The fraction of sp³-hybridized carbons (Fsp3) is 0.391. The van der Waals surface area contributed by atoms with Crippen molar-refractivity contribution in [1.29, 1.82) is 0 Å². The van der Waals surface area contributed by atoms with Gasteiger partial charge in [-0.15, -0.1) is 0 Å². The average Bonchev–Trinajstić information content (AvgIpc) is 3.43. The largest absolute Gasteiger partial charge is 0.374 e. The summed E-state index contributed by atoms with van der Waals surface area (Å²) in [6, 6.07) is 10.7. The van der Waals surface area contributed by atoms with Gasteiger partial charge in [0.1, 0.15) is 12.0 Å². The third-order valence-electron chi connectivity index (χ3n) is 6.54. The number of halogens is 1. The number of aryl methyl sites for hydroxylation is 1. The number of H-pyrrole nitrogens is 1. The number of hydrogen-bond donors (Lipinski definition) is 3. The lowest BCUT2D eigenvalue weighted by Crippen LogP contribution is -2.54. The Morgan fingerprint density at radius 1 is 1.23 bits per heavy atom. The molecule has 8 heteroatoms. The van der Waals surface area contributed by atoms with Gasteiger partial charge in [0.25, 0.3) is 0 Å². The Labute approximate surface area is 179 Å². The van der Waals surface area contributed by atoms with Crippen molar-refractivity contribution in [3.8, 4) is 11.1 Å². The maximum atomic E-state index is 15.0. The molecule has 162 valence electrons. The van der Waals surface area contributed by atoms with Gasteiger partial charge in [-0.05, 0) is 31.4 Å². The third kappa shape index (κ3) is 3.50. The fourth-order valence-corrected chi connectivity index (χ4v) is 4.35. The summed E-state index contributed by atoms with van der Waals surface area (Å²) in [5.41, 5.74) is 8.90. The van der Waals surface area contributed by atoms with Gasteiger partial charge in [-0.1, -0.05) is 30.3 Å². The predicted octanol–water partition coefficient (Wildman–Crippen LogP) is 2.30. The Kier molecular flexibility index (Phi) is 4.80. The van der Waals surface area contributed by atoms with Crippen LogP contribution in [0.2, 0.25) is 0 Å². The first kappa shape index (κ1) is 20.1. The van der Waals surface area contributed by atoms with Crippen LogP contribution >= 0.6 is 0 Å². The monoisotopic (exact) mass is 423 g/mol. The van der Waals surface area contributed by atoms with Crippen LogP contribution in [-0.2, 0) is 4.79 Å². The Morgan fingerprint density at radius 2 is 1.97 bits per heavy atom. The van der Waals surface area contributed by atoms with Gasteiger partial charge < -0.3 is 15.7 Å². The number of nitrogens with two attached hydrogens (primary N) is 1. The van der Waals surface area contributed by atoms with Crippen molar-refractivity contribution in [2.75, 3.05) is 26.2 Å². The molecule has 1 unspecified atom stereocenters. The number of nitrogens with zero attached hydrogens (tertiary/aromatic N) is 3. The second-order valence-electron chi connectivity index (χ2n) is 8.63. The highest BCUT2D eigenvalue weighted by atomic mass is 19.1. The van der Waals surface area contributed by atoms with Crippen LogP contribution in [0.1, 0.15) is 30.3 Å². The number of nitrogens with one attached hydrogen (secondary N) is 1. The second-order valence-corrected chi connectivity index (χ2v) is 8.63. The zero-order chi connectivity index (χ0) is 21.8. The molecule has 31 heavy (non-hydrogen) atoms. The van der Waals surface area contributed by atoms with E-state index in [4.69, 9.17) is 5.73 Å². The normalized spacial score (nSPS) is 19.5. The molecule has 2 fully saturated rings. The average molecular weight is 423 g/mol. The molecule has 3 aromatic rings. The van der Waals surface area contributed by atoms with Crippen LogP contribution < -0.4 is 5.73 Å². The number of aromatic nitrogens is 2. The van der Waals surface area contributed by atoms with Crippen LogP contribution in [0.4, 0.5) is 4.39 Å². The number of rotatable bonds is 4. The van der Waals surface area contributed by atoms with Crippen molar-refractivity contribution < 1.29 is 14.3 Å². The van der Waals surface area contributed by atoms with E-state index in [9.17, 15) is 9.90 Å². The maximum Gasteiger partial charge on any atom is 0.242 e. The van der Waals surface area contributed by atoms with Crippen molar-refractivity contribution in [2.24, 2.45) is 5.73 Å². The highest BCUT2D eigenvalue weighted by Gasteiger charge is 2.48. The molecule has 2 heterocycles. The minimum absolute atomic E-state index is 0.0135. The number of piperazine rings is 1. The summed E-state index contributed by atoms with van der Waals surface area (Å²) >= 11 is 0. The lowest BCUT2D eigenvalue weighted by atomic mass is 10.00. The Balaban J connectivity index is 1.32. The summed E-state index contributed by atoms with van der Waals surface area (Å²) in [6.45, 7) is 3.83. The maximum absolute atomic E-state index is 15.0. The minimum Gasteiger partial charge on any atom is -0.374 e.